The molecule has 116 valence electrons. The summed E-state index contributed by atoms with van der Waals surface area (Å²) in [6.45, 7) is 3.81. The zero-order chi connectivity index (χ0) is 15.0. The van der Waals surface area contributed by atoms with E-state index in [4.69, 9.17) is 0 Å². The molecule has 0 amide bonds. The molecule has 6 heteroatoms. The number of anilines is 1. The van der Waals surface area contributed by atoms with Crippen molar-refractivity contribution in [2.45, 2.75) is 31.5 Å². The zero-order valence-corrected chi connectivity index (χ0v) is 13.3. The number of alkyl halides is 3. The van der Waals surface area contributed by atoms with Crippen LogP contribution in [0.15, 0.2) is 22.7 Å². The maximum absolute atomic E-state index is 12.9. The smallest absolute Gasteiger partial charge is 0.369 e. The fourth-order valence-corrected chi connectivity index (χ4v) is 3.85. The summed E-state index contributed by atoms with van der Waals surface area (Å²) in [4.78, 5) is 4.58. The minimum atomic E-state index is -4.29. The van der Waals surface area contributed by atoms with Crippen LogP contribution in [0.5, 0.6) is 0 Å². The molecule has 0 aliphatic carbocycles. The van der Waals surface area contributed by atoms with Crippen molar-refractivity contribution in [3.8, 4) is 0 Å². The fourth-order valence-electron chi connectivity index (χ4n) is 3.36. The predicted octanol–water partition coefficient (Wildman–Crippen LogP) is 4.14. The summed E-state index contributed by atoms with van der Waals surface area (Å²) in [5.41, 5.74) is 0.0896. The van der Waals surface area contributed by atoms with E-state index in [0.29, 0.717) is 11.7 Å². The Morgan fingerprint density at radius 1 is 1.10 bits per heavy atom. The molecule has 3 rings (SSSR count). The van der Waals surface area contributed by atoms with Crippen molar-refractivity contribution in [3.05, 3.63) is 28.2 Å². The van der Waals surface area contributed by atoms with Crippen LogP contribution in [-0.2, 0) is 6.18 Å². The number of benzene rings is 1. The number of hydrogen-bond donors (Lipinski definition) is 0. The first-order chi connectivity index (χ1) is 9.95. The van der Waals surface area contributed by atoms with E-state index in [-0.39, 0.29) is 0 Å². The number of nitrogens with zero attached hydrogens (tertiary/aromatic N) is 2. The second kappa shape index (κ2) is 5.80. The van der Waals surface area contributed by atoms with Crippen LogP contribution >= 0.6 is 15.9 Å². The average molecular weight is 363 g/mol. The normalized spacial score (nSPS) is 24.0. The minimum absolute atomic E-state index is 0.481. The van der Waals surface area contributed by atoms with Gasteiger partial charge in [0.05, 0.1) is 11.3 Å². The van der Waals surface area contributed by atoms with Gasteiger partial charge in [-0.1, -0.05) is 0 Å². The van der Waals surface area contributed by atoms with Gasteiger partial charge in [0.1, 0.15) is 0 Å². The van der Waals surface area contributed by atoms with E-state index in [0.717, 1.165) is 49.6 Å². The van der Waals surface area contributed by atoms with E-state index in [2.05, 4.69) is 25.7 Å². The van der Waals surface area contributed by atoms with Crippen molar-refractivity contribution >= 4 is 21.6 Å². The molecule has 1 unspecified atom stereocenters. The first-order valence-corrected chi connectivity index (χ1v) is 8.10. The van der Waals surface area contributed by atoms with Crippen LogP contribution in [0.4, 0.5) is 18.9 Å². The monoisotopic (exact) mass is 362 g/mol. The molecule has 1 atom stereocenters. The van der Waals surface area contributed by atoms with Gasteiger partial charge in [-0.3, -0.25) is 4.90 Å². The van der Waals surface area contributed by atoms with Crippen molar-refractivity contribution in [1.82, 2.24) is 4.90 Å². The SMILES string of the molecule is FC(F)(F)c1ccc(Br)c(N2CCCN3CCCC3C2)c1. The van der Waals surface area contributed by atoms with Crippen LogP contribution in [-0.4, -0.2) is 37.1 Å². The van der Waals surface area contributed by atoms with E-state index < -0.39 is 11.7 Å². The van der Waals surface area contributed by atoms with Crippen LogP contribution < -0.4 is 4.90 Å². The topological polar surface area (TPSA) is 6.48 Å². The minimum Gasteiger partial charge on any atom is -0.369 e. The molecular formula is C15H18BrF3N2. The highest BCUT2D eigenvalue weighted by Gasteiger charge is 2.33. The van der Waals surface area contributed by atoms with Gasteiger partial charge >= 0.3 is 6.18 Å². The van der Waals surface area contributed by atoms with Crippen LogP contribution in [0.2, 0.25) is 0 Å². The molecule has 0 saturated carbocycles. The summed E-state index contributed by atoms with van der Waals surface area (Å²) in [7, 11) is 0. The molecule has 2 aliphatic rings. The molecule has 2 heterocycles. The third kappa shape index (κ3) is 3.21. The molecule has 1 aromatic rings. The quantitative estimate of drug-likeness (QED) is 0.740. The lowest BCUT2D eigenvalue weighted by atomic mass is 10.1. The lowest BCUT2D eigenvalue weighted by Gasteiger charge is -2.28. The Morgan fingerprint density at radius 2 is 1.86 bits per heavy atom. The van der Waals surface area contributed by atoms with Gasteiger partial charge in [0.15, 0.2) is 0 Å². The van der Waals surface area contributed by atoms with Crippen LogP contribution in [0.25, 0.3) is 0 Å². The van der Waals surface area contributed by atoms with Gasteiger partial charge in [0.25, 0.3) is 0 Å². The molecule has 21 heavy (non-hydrogen) atoms. The molecule has 0 N–H and O–H groups in total. The van der Waals surface area contributed by atoms with E-state index in [9.17, 15) is 13.2 Å². The largest absolute Gasteiger partial charge is 0.416 e. The molecule has 0 spiro atoms. The van der Waals surface area contributed by atoms with Crippen LogP contribution in [0.1, 0.15) is 24.8 Å². The number of halogens is 4. The number of rotatable bonds is 1. The Labute approximate surface area is 131 Å². The van der Waals surface area contributed by atoms with Gasteiger partial charge in [-0.2, -0.15) is 13.2 Å². The van der Waals surface area contributed by atoms with Gasteiger partial charge in [0, 0.05) is 30.1 Å². The standard InChI is InChI=1S/C15H18BrF3N2/c16-13-5-4-11(15(17,18)19)9-14(13)21-8-2-7-20-6-1-3-12(20)10-21/h4-5,9,12H,1-3,6-8,10H2. The average Bonchev–Trinajstić information content (AvgIpc) is 2.75. The Kier molecular flexibility index (Phi) is 4.19. The molecule has 2 nitrogen and oxygen atoms in total. The van der Waals surface area contributed by atoms with Gasteiger partial charge < -0.3 is 4.90 Å². The maximum Gasteiger partial charge on any atom is 0.416 e. The Morgan fingerprint density at radius 3 is 2.62 bits per heavy atom. The van der Waals surface area contributed by atoms with E-state index >= 15 is 0 Å². The third-order valence-corrected chi connectivity index (χ3v) is 5.09. The van der Waals surface area contributed by atoms with Crippen LogP contribution in [0, 0.1) is 0 Å². The van der Waals surface area contributed by atoms with Crippen molar-refractivity contribution in [2.75, 3.05) is 31.1 Å². The summed E-state index contributed by atoms with van der Waals surface area (Å²) >= 11 is 3.41. The number of fused-ring (bicyclic) bond motifs is 1. The highest BCUT2D eigenvalue weighted by Crippen LogP contribution is 2.36. The van der Waals surface area contributed by atoms with Crippen molar-refractivity contribution in [3.63, 3.8) is 0 Å². The maximum atomic E-state index is 12.9. The second-order valence-electron chi connectivity index (χ2n) is 5.80. The molecule has 2 aliphatic heterocycles. The van der Waals surface area contributed by atoms with Crippen molar-refractivity contribution < 1.29 is 13.2 Å². The highest BCUT2D eigenvalue weighted by atomic mass is 79.9. The number of hydrogen-bond acceptors (Lipinski definition) is 2. The molecular weight excluding hydrogens is 345 g/mol. The van der Waals surface area contributed by atoms with Gasteiger partial charge in [-0.25, -0.2) is 0 Å². The molecule has 2 fully saturated rings. The highest BCUT2D eigenvalue weighted by molar-refractivity contribution is 9.10. The molecule has 0 bridgehead atoms. The summed E-state index contributed by atoms with van der Waals surface area (Å²) < 4.78 is 39.5. The summed E-state index contributed by atoms with van der Waals surface area (Å²) in [5.74, 6) is 0. The lowest BCUT2D eigenvalue weighted by Crippen LogP contribution is -2.36. The lowest BCUT2D eigenvalue weighted by molar-refractivity contribution is -0.137. The summed E-state index contributed by atoms with van der Waals surface area (Å²) in [6, 6.07) is 4.39. The molecule has 0 aromatic heterocycles. The zero-order valence-electron chi connectivity index (χ0n) is 11.7. The first-order valence-electron chi connectivity index (χ1n) is 7.31. The van der Waals surface area contributed by atoms with Gasteiger partial charge in [-0.15, -0.1) is 0 Å². The second-order valence-corrected chi connectivity index (χ2v) is 6.65. The Hall–Kier alpha value is -0.750. The van der Waals surface area contributed by atoms with E-state index in [1.54, 1.807) is 0 Å². The molecule has 1 aromatic carbocycles. The third-order valence-electron chi connectivity index (χ3n) is 4.42. The van der Waals surface area contributed by atoms with Crippen molar-refractivity contribution in [2.24, 2.45) is 0 Å². The van der Waals surface area contributed by atoms with E-state index in [1.807, 2.05) is 0 Å². The summed E-state index contributed by atoms with van der Waals surface area (Å²) in [5, 5.41) is 0. The van der Waals surface area contributed by atoms with Gasteiger partial charge in [-0.05, 0) is 59.9 Å². The van der Waals surface area contributed by atoms with E-state index in [1.165, 1.54) is 18.6 Å². The Bertz CT molecular complexity index is 518. The van der Waals surface area contributed by atoms with Crippen LogP contribution in [0.3, 0.4) is 0 Å². The predicted molar refractivity (Wildman–Crippen MR) is 80.6 cm³/mol. The fraction of sp³-hybridized carbons (Fsp3) is 0.600. The van der Waals surface area contributed by atoms with Crippen molar-refractivity contribution in [1.29, 1.82) is 0 Å². The van der Waals surface area contributed by atoms with Gasteiger partial charge in [0.2, 0.25) is 0 Å². The molecule has 2 saturated heterocycles. The Balaban J connectivity index is 1.88. The first kappa shape index (κ1) is 15.2. The summed E-state index contributed by atoms with van der Waals surface area (Å²) in [6.07, 6.45) is -0.949. The molecule has 0 radical (unpaired) electrons.